The van der Waals surface area contributed by atoms with Gasteiger partial charge in [-0.1, -0.05) is 23.8 Å². The van der Waals surface area contributed by atoms with E-state index in [1.54, 1.807) is 18.2 Å². The lowest BCUT2D eigenvalue weighted by Crippen LogP contribution is -2.34. The predicted octanol–water partition coefficient (Wildman–Crippen LogP) is 4.21. The van der Waals surface area contributed by atoms with Crippen molar-refractivity contribution < 1.29 is 23.4 Å². The van der Waals surface area contributed by atoms with Gasteiger partial charge >= 0.3 is 11.6 Å². The summed E-state index contributed by atoms with van der Waals surface area (Å²) in [5.41, 5.74) is 2.93. The SMILES string of the molecule is CCOC1=C2C=C(c3cc(=O)oc4ccc(C)cc34)C(=O)OC2Oc2ccccc21. The van der Waals surface area contributed by atoms with Crippen LogP contribution < -0.4 is 10.4 Å². The van der Waals surface area contributed by atoms with Crippen LogP contribution in [-0.4, -0.2) is 18.9 Å². The van der Waals surface area contributed by atoms with E-state index in [2.05, 4.69) is 0 Å². The quantitative estimate of drug-likeness (QED) is 0.483. The fourth-order valence-electron chi connectivity index (χ4n) is 3.79. The maximum Gasteiger partial charge on any atom is 0.342 e. The molecule has 0 aliphatic carbocycles. The summed E-state index contributed by atoms with van der Waals surface area (Å²) < 4.78 is 22.7. The number of hydrogen-bond acceptors (Lipinski definition) is 6. The van der Waals surface area contributed by atoms with Crippen molar-refractivity contribution >= 4 is 28.3 Å². The van der Waals surface area contributed by atoms with E-state index in [9.17, 15) is 9.59 Å². The molecule has 6 heteroatoms. The number of esters is 1. The second-order valence-corrected chi connectivity index (χ2v) is 7.11. The Hall–Kier alpha value is -3.80. The molecular formula is C24H18O6. The lowest BCUT2D eigenvalue weighted by atomic mass is 9.94. The molecule has 1 aromatic heterocycles. The van der Waals surface area contributed by atoms with Gasteiger partial charge in [-0.25, -0.2) is 9.59 Å². The molecule has 0 saturated carbocycles. The zero-order chi connectivity index (χ0) is 20.8. The molecule has 0 saturated heterocycles. The second-order valence-electron chi connectivity index (χ2n) is 7.11. The zero-order valence-electron chi connectivity index (χ0n) is 16.4. The van der Waals surface area contributed by atoms with Crippen LogP contribution in [0.2, 0.25) is 0 Å². The molecular weight excluding hydrogens is 384 g/mol. The molecule has 0 fully saturated rings. The summed E-state index contributed by atoms with van der Waals surface area (Å²) >= 11 is 0. The van der Waals surface area contributed by atoms with Crippen LogP contribution in [0.15, 0.2) is 69.4 Å². The van der Waals surface area contributed by atoms with Gasteiger partial charge in [-0.15, -0.1) is 0 Å². The maximum atomic E-state index is 12.9. The van der Waals surface area contributed by atoms with E-state index in [1.165, 1.54) is 6.07 Å². The van der Waals surface area contributed by atoms with Gasteiger partial charge in [0.15, 0.2) is 0 Å². The molecule has 1 atom stereocenters. The Bertz CT molecular complexity index is 1310. The number of ether oxygens (including phenoxy) is 3. The molecule has 0 radical (unpaired) electrons. The van der Waals surface area contributed by atoms with Crippen LogP contribution in [0.1, 0.15) is 23.6 Å². The van der Waals surface area contributed by atoms with Crippen molar-refractivity contribution in [3.05, 3.63) is 87.3 Å². The number of benzene rings is 2. The first-order valence-electron chi connectivity index (χ1n) is 9.65. The molecule has 6 nitrogen and oxygen atoms in total. The third-order valence-electron chi connectivity index (χ3n) is 5.09. The van der Waals surface area contributed by atoms with Gasteiger partial charge in [0.2, 0.25) is 0 Å². The molecule has 2 aliphatic heterocycles. The number of hydrogen-bond donors (Lipinski definition) is 0. The van der Waals surface area contributed by atoms with Crippen LogP contribution in [0.5, 0.6) is 5.75 Å². The summed E-state index contributed by atoms with van der Waals surface area (Å²) in [6.45, 7) is 4.26. The van der Waals surface area contributed by atoms with Crippen molar-refractivity contribution in [2.24, 2.45) is 0 Å². The van der Waals surface area contributed by atoms with Crippen molar-refractivity contribution in [1.29, 1.82) is 0 Å². The number of carbonyl (C=O) groups is 1. The first-order valence-corrected chi connectivity index (χ1v) is 9.65. The minimum absolute atomic E-state index is 0.255. The van der Waals surface area contributed by atoms with Gasteiger partial charge in [0, 0.05) is 17.0 Å². The van der Waals surface area contributed by atoms with E-state index in [-0.39, 0.29) is 5.57 Å². The number of fused-ring (bicyclic) bond motifs is 3. The zero-order valence-corrected chi connectivity index (χ0v) is 16.4. The van der Waals surface area contributed by atoms with Gasteiger partial charge in [0.05, 0.1) is 23.3 Å². The van der Waals surface area contributed by atoms with Crippen LogP contribution in [0.25, 0.3) is 22.3 Å². The van der Waals surface area contributed by atoms with Gasteiger partial charge < -0.3 is 18.6 Å². The highest BCUT2D eigenvalue weighted by molar-refractivity contribution is 6.21. The third kappa shape index (κ3) is 2.88. The van der Waals surface area contributed by atoms with Crippen LogP contribution in [0.4, 0.5) is 0 Å². The molecule has 5 rings (SSSR count). The Kier molecular flexibility index (Phi) is 4.20. The lowest BCUT2D eigenvalue weighted by Gasteiger charge is -2.32. The van der Waals surface area contributed by atoms with E-state index >= 15 is 0 Å². The topological polar surface area (TPSA) is 75.0 Å². The highest BCUT2D eigenvalue weighted by atomic mass is 16.7. The Morgan fingerprint density at radius 2 is 1.83 bits per heavy atom. The van der Waals surface area contributed by atoms with Crippen molar-refractivity contribution in [3.63, 3.8) is 0 Å². The minimum atomic E-state index is -0.911. The number of aryl methyl sites for hydroxylation is 1. The van der Waals surface area contributed by atoms with E-state index < -0.39 is 17.9 Å². The smallest absolute Gasteiger partial charge is 0.342 e. The van der Waals surface area contributed by atoms with Gasteiger partial charge in [-0.2, -0.15) is 0 Å². The molecule has 150 valence electrons. The molecule has 2 aliphatic rings. The van der Waals surface area contributed by atoms with E-state index in [0.717, 1.165) is 11.1 Å². The van der Waals surface area contributed by atoms with Crippen LogP contribution in [-0.2, 0) is 14.3 Å². The monoisotopic (exact) mass is 402 g/mol. The molecule has 0 N–H and O–H groups in total. The second kappa shape index (κ2) is 6.91. The molecule has 3 aromatic rings. The molecule has 0 bridgehead atoms. The number of rotatable bonds is 3. The Morgan fingerprint density at radius 1 is 1.00 bits per heavy atom. The first-order chi connectivity index (χ1) is 14.5. The summed E-state index contributed by atoms with van der Waals surface area (Å²) in [6, 6.07) is 14.2. The number of para-hydroxylation sites is 1. The van der Waals surface area contributed by atoms with Gasteiger partial charge in [-0.05, 0) is 44.2 Å². The summed E-state index contributed by atoms with van der Waals surface area (Å²) in [4.78, 5) is 25.0. The van der Waals surface area contributed by atoms with Crippen molar-refractivity contribution in [2.75, 3.05) is 6.61 Å². The summed E-state index contributed by atoms with van der Waals surface area (Å²) in [5.74, 6) is 0.603. The van der Waals surface area contributed by atoms with Crippen molar-refractivity contribution in [1.82, 2.24) is 0 Å². The molecule has 30 heavy (non-hydrogen) atoms. The predicted molar refractivity (Wildman–Crippen MR) is 111 cm³/mol. The van der Waals surface area contributed by atoms with Crippen LogP contribution >= 0.6 is 0 Å². The van der Waals surface area contributed by atoms with E-state index in [1.807, 2.05) is 44.2 Å². The van der Waals surface area contributed by atoms with Crippen molar-refractivity contribution in [3.8, 4) is 5.75 Å². The highest BCUT2D eigenvalue weighted by Crippen LogP contribution is 2.41. The molecule has 0 spiro atoms. The van der Waals surface area contributed by atoms with Gasteiger partial charge in [-0.3, -0.25) is 0 Å². The van der Waals surface area contributed by atoms with Crippen molar-refractivity contribution in [2.45, 2.75) is 20.1 Å². The minimum Gasteiger partial charge on any atom is -0.493 e. The maximum absolute atomic E-state index is 12.9. The third-order valence-corrected chi connectivity index (χ3v) is 5.09. The normalized spacial score (nSPS) is 17.6. The van der Waals surface area contributed by atoms with Gasteiger partial charge in [0.25, 0.3) is 6.29 Å². The van der Waals surface area contributed by atoms with Crippen LogP contribution in [0.3, 0.4) is 0 Å². The van der Waals surface area contributed by atoms with Crippen LogP contribution in [0, 0.1) is 6.92 Å². The fraction of sp³-hybridized carbons (Fsp3) is 0.167. The standard InChI is InChI=1S/C24H18O6/c1-3-27-22-14-6-4-5-7-19(14)29-24-18(22)11-17(23(26)30-24)15-12-21(25)28-20-9-8-13(2)10-16(15)20/h4-12,24H,3H2,1-2H3. The highest BCUT2D eigenvalue weighted by Gasteiger charge is 2.37. The largest absolute Gasteiger partial charge is 0.493 e. The lowest BCUT2D eigenvalue weighted by molar-refractivity contribution is -0.152. The van der Waals surface area contributed by atoms with Gasteiger partial charge in [0.1, 0.15) is 17.1 Å². The fourth-order valence-corrected chi connectivity index (χ4v) is 3.79. The molecule has 0 amide bonds. The van der Waals surface area contributed by atoms with E-state index in [4.69, 9.17) is 18.6 Å². The Balaban J connectivity index is 1.77. The number of carbonyl (C=O) groups excluding carboxylic acids is 1. The molecule has 1 unspecified atom stereocenters. The summed E-state index contributed by atoms with van der Waals surface area (Å²) in [5, 5.41) is 0.659. The Morgan fingerprint density at radius 3 is 2.67 bits per heavy atom. The summed E-state index contributed by atoms with van der Waals surface area (Å²) in [7, 11) is 0. The Labute approximate surface area is 172 Å². The average Bonchev–Trinajstić information content (AvgIpc) is 2.73. The average molecular weight is 402 g/mol. The molecule has 3 heterocycles. The van der Waals surface area contributed by atoms with E-state index in [0.29, 0.717) is 40.2 Å². The summed E-state index contributed by atoms with van der Waals surface area (Å²) in [6.07, 6.45) is 0.777. The molecule has 2 aromatic carbocycles. The first kappa shape index (κ1) is 18.2.